The van der Waals surface area contributed by atoms with E-state index in [-0.39, 0.29) is 0 Å². The summed E-state index contributed by atoms with van der Waals surface area (Å²) in [6, 6.07) is 18.0. The number of fused-ring (bicyclic) bond motifs is 1. The minimum Gasteiger partial charge on any atom is -0.368 e. The molecular weight excluding hydrogens is 256 g/mol. The molecule has 0 aliphatic heterocycles. The summed E-state index contributed by atoms with van der Waals surface area (Å²) in [7, 11) is 0. The van der Waals surface area contributed by atoms with Crippen LogP contribution in [0.1, 0.15) is 36.5 Å². The Kier molecular flexibility index (Phi) is 3.98. The molecule has 1 atom stereocenters. The average Bonchev–Trinajstić information content (AvgIpc) is 2.48. The van der Waals surface area contributed by atoms with Crippen LogP contribution in [-0.4, -0.2) is 12.6 Å². The molecule has 0 radical (unpaired) electrons. The van der Waals surface area contributed by atoms with E-state index in [0.29, 0.717) is 18.5 Å². The molecule has 2 nitrogen and oxygen atoms in total. The molecule has 110 valence electrons. The van der Waals surface area contributed by atoms with Crippen molar-refractivity contribution in [2.24, 2.45) is 5.73 Å². The normalized spacial score (nSPS) is 16.5. The smallest absolute Gasteiger partial charge is 0.0368 e. The van der Waals surface area contributed by atoms with E-state index in [0.717, 1.165) is 6.54 Å². The van der Waals surface area contributed by atoms with Crippen molar-refractivity contribution in [2.75, 3.05) is 11.4 Å². The second-order valence-electron chi connectivity index (χ2n) is 6.22. The van der Waals surface area contributed by atoms with Gasteiger partial charge < -0.3 is 10.6 Å². The summed E-state index contributed by atoms with van der Waals surface area (Å²) in [5.74, 6) is 0.665. The van der Waals surface area contributed by atoms with Gasteiger partial charge in [0, 0.05) is 30.7 Å². The molecule has 1 unspecified atom stereocenters. The molecule has 0 amide bonds. The van der Waals surface area contributed by atoms with Crippen LogP contribution in [0.2, 0.25) is 0 Å². The highest BCUT2D eigenvalue weighted by Crippen LogP contribution is 2.36. The molecule has 2 N–H and O–H groups in total. The molecule has 21 heavy (non-hydrogen) atoms. The number of hydrogen-bond donors (Lipinski definition) is 1. The molecule has 2 aromatic rings. The predicted octanol–water partition coefficient (Wildman–Crippen LogP) is 3.70. The minimum atomic E-state index is 0.501. The molecular formula is C19H24N2. The Balaban J connectivity index is 1.77. The Morgan fingerprint density at radius 2 is 1.81 bits per heavy atom. The Morgan fingerprint density at radius 3 is 2.43 bits per heavy atom. The summed E-state index contributed by atoms with van der Waals surface area (Å²) in [5.41, 5.74) is 11.2. The van der Waals surface area contributed by atoms with E-state index < -0.39 is 0 Å². The molecule has 0 fully saturated rings. The standard InChI is InChI=1S/C19H24N2/c1-14(2)21(18-9-7-15(12-20)8-10-18)13-17-11-16-5-3-4-6-19(16)17/h3-10,14,17H,11-13,20H2,1-2H3. The van der Waals surface area contributed by atoms with Crippen LogP contribution >= 0.6 is 0 Å². The van der Waals surface area contributed by atoms with E-state index in [1.165, 1.54) is 28.8 Å². The van der Waals surface area contributed by atoms with Crippen molar-refractivity contribution in [3.05, 3.63) is 65.2 Å². The SMILES string of the molecule is CC(C)N(CC1Cc2ccccc21)c1ccc(CN)cc1. The van der Waals surface area contributed by atoms with Crippen LogP contribution in [0.4, 0.5) is 5.69 Å². The highest BCUT2D eigenvalue weighted by atomic mass is 15.2. The fourth-order valence-corrected chi connectivity index (χ4v) is 3.20. The summed E-state index contributed by atoms with van der Waals surface area (Å²) in [6.45, 7) is 6.23. The van der Waals surface area contributed by atoms with E-state index in [1.54, 1.807) is 0 Å². The summed E-state index contributed by atoms with van der Waals surface area (Å²) >= 11 is 0. The second kappa shape index (κ2) is 5.90. The van der Waals surface area contributed by atoms with E-state index in [2.05, 4.69) is 67.3 Å². The van der Waals surface area contributed by atoms with Gasteiger partial charge in [-0.3, -0.25) is 0 Å². The lowest BCUT2D eigenvalue weighted by atomic mass is 9.77. The zero-order valence-corrected chi connectivity index (χ0v) is 12.9. The van der Waals surface area contributed by atoms with E-state index in [1.807, 2.05) is 0 Å². The summed E-state index contributed by atoms with van der Waals surface area (Å²) < 4.78 is 0. The largest absolute Gasteiger partial charge is 0.368 e. The zero-order valence-electron chi connectivity index (χ0n) is 12.9. The molecule has 2 aromatic carbocycles. The van der Waals surface area contributed by atoms with Crippen molar-refractivity contribution in [1.82, 2.24) is 0 Å². The third-order valence-electron chi connectivity index (χ3n) is 4.51. The van der Waals surface area contributed by atoms with Crippen LogP contribution in [-0.2, 0) is 13.0 Å². The predicted molar refractivity (Wildman–Crippen MR) is 89.7 cm³/mol. The summed E-state index contributed by atoms with van der Waals surface area (Å²) in [4.78, 5) is 2.50. The highest BCUT2D eigenvalue weighted by Gasteiger charge is 2.28. The van der Waals surface area contributed by atoms with Crippen LogP contribution in [0.5, 0.6) is 0 Å². The lowest BCUT2D eigenvalue weighted by Gasteiger charge is -2.38. The topological polar surface area (TPSA) is 29.3 Å². The van der Waals surface area contributed by atoms with Crippen molar-refractivity contribution in [3.63, 3.8) is 0 Å². The molecule has 2 heteroatoms. The Labute approximate surface area is 127 Å². The van der Waals surface area contributed by atoms with Gasteiger partial charge in [-0.2, -0.15) is 0 Å². The molecule has 0 aromatic heterocycles. The first kappa shape index (κ1) is 14.2. The molecule has 0 bridgehead atoms. The lowest BCUT2D eigenvalue weighted by Crippen LogP contribution is -2.38. The minimum absolute atomic E-state index is 0.501. The fourth-order valence-electron chi connectivity index (χ4n) is 3.20. The van der Waals surface area contributed by atoms with Crippen LogP contribution in [0.25, 0.3) is 0 Å². The van der Waals surface area contributed by atoms with Crippen molar-refractivity contribution >= 4 is 5.69 Å². The van der Waals surface area contributed by atoms with Gasteiger partial charge in [0.15, 0.2) is 0 Å². The van der Waals surface area contributed by atoms with Gasteiger partial charge >= 0.3 is 0 Å². The number of nitrogens with zero attached hydrogens (tertiary/aromatic N) is 1. The van der Waals surface area contributed by atoms with E-state index in [4.69, 9.17) is 5.73 Å². The van der Waals surface area contributed by atoms with Gasteiger partial charge in [0.1, 0.15) is 0 Å². The molecule has 1 aliphatic rings. The maximum atomic E-state index is 5.69. The molecule has 0 saturated heterocycles. The highest BCUT2D eigenvalue weighted by molar-refractivity contribution is 5.50. The van der Waals surface area contributed by atoms with Gasteiger partial charge in [0.05, 0.1) is 0 Å². The second-order valence-corrected chi connectivity index (χ2v) is 6.22. The third kappa shape index (κ3) is 2.81. The number of nitrogens with two attached hydrogens (primary N) is 1. The van der Waals surface area contributed by atoms with E-state index >= 15 is 0 Å². The fraction of sp³-hybridized carbons (Fsp3) is 0.368. The number of benzene rings is 2. The first-order valence-electron chi connectivity index (χ1n) is 7.82. The first-order valence-corrected chi connectivity index (χ1v) is 7.82. The molecule has 1 aliphatic carbocycles. The monoisotopic (exact) mass is 280 g/mol. The van der Waals surface area contributed by atoms with Gasteiger partial charge in [-0.1, -0.05) is 36.4 Å². The molecule has 3 rings (SSSR count). The number of rotatable bonds is 5. The molecule has 0 saturated carbocycles. The van der Waals surface area contributed by atoms with Crippen LogP contribution < -0.4 is 10.6 Å². The Bertz CT molecular complexity index is 601. The third-order valence-corrected chi connectivity index (χ3v) is 4.51. The molecule has 0 heterocycles. The van der Waals surface area contributed by atoms with Crippen molar-refractivity contribution in [3.8, 4) is 0 Å². The van der Waals surface area contributed by atoms with Crippen molar-refractivity contribution in [2.45, 2.75) is 38.8 Å². The van der Waals surface area contributed by atoms with Gasteiger partial charge in [-0.05, 0) is 49.1 Å². The van der Waals surface area contributed by atoms with Gasteiger partial charge in [-0.15, -0.1) is 0 Å². The zero-order chi connectivity index (χ0) is 14.8. The van der Waals surface area contributed by atoms with Crippen LogP contribution in [0.15, 0.2) is 48.5 Å². The maximum absolute atomic E-state index is 5.69. The van der Waals surface area contributed by atoms with Gasteiger partial charge in [0.25, 0.3) is 0 Å². The van der Waals surface area contributed by atoms with Crippen LogP contribution in [0, 0.1) is 0 Å². The van der Waals surface area contributed by atoms with Crippen LogP contribution in [0.3, 0.4) is 0 Å². The van der Waals surface area contributed by atoms with Gasteiger partial charge in [-0.25, -0.2) is 0 Å². The van der Waals surface area contributed by atoms with Crippen molar-refractivity contribution in [1.29, 1.82) is 0 Å². The first-order chi connectivity index (χ1) is 10.2. The Morgan fingerprint density at radius 1 is 1.10 bits per heavy atom. The molecule has 0 spiro atoms. The van der Waals surface area contributed by atoms with Gasteiger partial charge in [0.2, 0.25) is 0 Å². The lowest BCUT2D eigenvalue weighted by molar-refractivity contribution is 0.553. The number of hydrogen-bond acceptors (Lipinski definition) is 2. The summed E-state index contributed by atoms with van der Waals surface area (Å²) in [6.07, 6.45) is 1.21. The maximum Gasteiger partial charge on any atom is 0.0368 e. The van der Waals surface area contributed by atoms with E-state index in [9.17, 15) is 0 Å². The number of anilines is 1. The summed E-state index contributed by atoms with van der Waals surface area (Å²) in [5, 5.41) is 0. The quantitative estimate of drug-likeness (QED) is 0.905. The Hall–Kier alpha value is -1.80. The average molecular weight is 280 g/mol. The van der Waals surface area contributed by atoms with Crippen molar-refractivity contribution < 1.29 is 0 Å².